The summed E-state index contributed by atoms with van der Waals surface area (Å²) < 4.78 is 1.25. The molecule has 0 N–H and O–H groups in total. The van der Waals surface area contributed by atoms with E-state index in [0.717, 1.165) is 0 Å². The van der Waals surface area contributed by atoms with E-state index in [1.807, 2.05) is 0 Å². The molecular formula is C15H35N2+. The maximum Gasteiger partial charge on any atom is 0.0784 e. The van der Waals surface area contributed by atoms with Crippen LogP contribution in [0.25, 0.3) is 0 Å². The molecule has 0 rings (SSSR count). The van der Waals surface area contributed by atoms with Crippen LogP contribution in [0.15, 0.2) is 0 Å². The van der Waals surface area contributed by atoms with Gasteiger partial charge in [0.25, 0.3) is 0 Å². The lowest BCUT2D eigenvalue weighted by Gasteiger charge is -2.32. The van der Waals surface area contributed by atoms with E-state index in [9.17, 15) is 0 Å². The van der Waals surface area contributed by atoms with Gasteiger partial charge in [0.1, 0.15) is 0 Å². The Morgan fingerprint density at radius 1 is 0.765 bits per heavy atom. The summed E-state index contributed by atoms with van der Waals surface area (Å²) in [5, 5.41) is 0. The number of hydrogen-bond donors (Lipinski definition) is 0. The molecule has 0 amide bonds. The van der Waals surface area contributed by atoms with Gasteiger partial charge in [-0.05, 0) is 52.7 Å². The fourth-order valence-corrected chi connectivity index (χ4v) is 2.26. The molecule has 0 saturated carbocycles. The van der Waals surface area contributed by atoms with Gasteiger partial charge in [-0.1, -0.05) is 20.3 Å². The summed E-state index contributed by atoms with van der Waals surface area (Å²) in [6, 6.07) is 0. The SMILES string of the molecule is CCN(CC)CCCCCC[N+](C)(CC)CC. The molecule has 0 radical (unpaired) electrons. The third-order valence-corrected chi connectivity index (χ3v) is 4.34. The fraction of sp³-hybridized carbons (Fsp3) is 1.00. The second-order valence-electron chi connectivity index (χ2n) is 5.42. The molecule has 0 aromatic heterocycles. The van der Waals surface area contributed by atoms with Crippen molar-refractivity contribution in [3.63, 3.8) is 0 Å². The second-order valence-corrected chi connectivity index (χ2v) is 5.42. The molecule has 0 aliphatic carbocycles. The predicted octanol–water partition coefficient (Wildman–Crippen LogP) is 3.38. The van der Waals surface area contributed by atoms with Gasteiger partial charge in [-0.15, -0.1) is 0 Å². The Hall–Kier alpha value is -0.0800. The van der Waals surface area contributed by atoms with E-state index in [-0.39, 0.29) is 0 Å². The minimum Gasteiger partial charge on any atom is -0.327 e. The highest BCUT2D eigenvalue weighted by molar-refractivity contribution is 4.53. The van der Waals surface area contributed by atoms with Crippen molar-refractivity contribution in [3.05, 3.63) is 0 Å². The summed E-state index contributed by atoms with van der Waals surface area (Å²) in [6.45, 7) is 16.7. The molecule has 104 valence electrons. The predicted molar refractivity (Wildman–Crippen MR) is 78.4 cm³/mol. The van der Waals surface area contributed by atoms with Crippen molar-refractivity contribution in [2.45, 2.75) is 53.4 Å². The van der Waals surface area contributed by atoms with E-state index in [4.69, 9.17) is 0 Å². The second kappa shape index (κ2) is 9.90. The van der Waals surface area contributed by atoms with E-state index in [2.05, 4.69) is 39.6 Å². The Kier molecular flexibility index (Phi) is 9.85. The molecule has 0 aliphatic rings. The number of hydrogen-bond acceptors (Lipinski definition) is 1. The van der Waals surface area contributed by atoms with Crippen molar-refractivity contribution in [3.8, 4) is 0 Å². The Bertz CT molecular complexity index is 160. The van der Waals surface area contributed by atoms with Crippen LogP contribution in [0.5, 0.6) is 0 Å². The molecule has 2 heteroatoms. The largest absolute Gasteiger partial charge is 0.327 e. The summed E-state index contributed by atoms with van der Waals surface area (Å²) in [7, 11) is 2.38. The average Bonchev–Trinajstić information content (AvgIpc) is 2.37. The summed E-state index contributed by atoms with van der Waals surface area (Å²) in [4.78, 5) is 2.53. The smallest absolute Gasteiger partial charge is 0.0784 e. The Balaban J connectivity index is 3.46. The summed E-state index contributed by atoms with van der Waals surface area (Å²) in [5.41, 5.74) is 0. The van der Waals surface area contributed by atoms with E-state index >= 15 is 0 Å². The average molecular weight is 243 g/mol. The van der Waals surface area contributed by atoms with Gasteiger partial charge in [0.2, 0.25) is 0 Å². The lowest BCUT2D eigenvalue weighted by molar-refractivity contribution is -0.906. The molecule has 0 aromatic carbocycles. The highest BCUT2D eigenvalue weighted by atomic mass is 15.3. The molecule has 0 fully saturated rings. The van der Waals surface area contributed by atoms with Gasteiger partial charge in [0.15, 0.2) is 0 Å². The third-order valence-electron chi connectivity index (χ3n) is 4.34. The van der Waals surface area contributed by atoms with Crippen molar-refractivity contribution >= 4 is 0 Å². The Morgan fingerprint density at radius 2 is 1.29 bits per heavy atom. The number of quaternary nitrogens is 1. The zero-order chi connectivity index (χ0) is 13.1. The van der Waals surface area contributed by atoms with Crippen LogP contribution in [-0.4, -0.2) is 55.7 Å². The minimum atomic E-state index is 1.21. The maximum atomic E-state index is 2.53. The molecule has 0 saturated heterocycles. The maximum absolute atomic E-state index is 2.53. The van der Waals surface area contributed by atoms with Gasteiger partial charge < -0.3 is 9.38 Å². The molecule has 0 spiro atoms. The first-order valence-corrected chi connectivity index (χ1v) is 7.67. The summed E-state index contributed by atoms with van der Waals surface area (Å²) >= 11 is 0. The van der Waals surface area contributed by atoms with E-state index < -0.39 is 0 Å². The molecule has 0 unspecified atom stereocenters. The fourth-order valence-electron chi connectivity index (χ4n) is 2.26. The summed E-state index contributed by atoms with van der Waals surface area (Å²) in [5.74, 6) is 0. The van der Waals surface area contributed by atoms with Gasteiger partial charge in [0, 0.05) is 0 Å². The third kappa shape index (κ3) is 7.77. The first kappa shape index (κ1) is 16.9. The van der Waals surface area contributed by atoms with Crippen LogP contribution in [-0.2, 0) is 0 Å². The van der Waals surface area contributed by atoms with Crippen molar-refractivity contribution in [1.29, 1.82) is 0 Å². The minimum absolute atomic E-state index is 1.21. The van der Waals surface area contributed by atoms with Gasteiger partial charge in [-0.2, -0.15) is 0 Å². The first-order valence-electron chi connectivity index (χ1n) is 7.67. The molecule has 17 heavy (non-hydrogen) atoms. The molecular weight excluding hydrogens is 208 g/mol. The summed E-state index contributed by atoms with van der Waals surface area (Å²) in [6.07, 6.45) is 5.60. The van der Waals surface area contributed by atoms with E-state index in [0.29, 0.717) is 0 Å². The lowest BCUT2D eigenvalue weighted by Crippen LogP contribution is -2.44. The normalized spacial score (nSPS) is 12.4. The van der Waals surface area contributed by atoms with Gasteiger partial charge in [-0.3, -0.25) is 0 Å². The van der Waals surface area contributed by atoms with Crippen LogP contribution in [0.4, 0.5) is 0 Å². The molecule has 0 aliphatic heterocycles. The van der Waals surface area contributed by atoms with Crippen LogP contribution >= 0.6 is 0 Å². The van der Waals surface area contributed by atoms with Crippen molar-refractivity contribution in [2.24, 2.45) is 0 Å². The van der Waals surface area contributed by atoms with E-state index in [1.165, 1.54) is 69.4 Å². The number of rotatable bonds is 11. The first-order chi connectivity index (χ1) is 8.11. The standard InChI is InChI=1S/C15H35N2/c1-6-16(7-2)14-12-10-11-13-15-17(5,8-3)9-4/h6-15H2,1-5H3/q+1. The van der Waals surface area contributed by atoms with E-state index in [1.54, 1.807) is 0 Å². The highest BCUT2D eigenvalue weighted by Crippen LogP contribution is 2.08. The quantitative estimate of drug-likeness (QED) is 0.397. The molecule has 2 nitrogen and oxygen atoms in total. The van der Waals surface area contributed by atoms with Gasteiger partial charge >= 0.3 is 0 Å². The molecule has 0 aromatic rings. The van der Waals surface area contributed by atoms with Crippen LogP contribution in [0.3, 0.4) is 0 Å². The van der Waals surface area contributed by atoms with Crippen LogP contribution in [0.2, 0.25) is 0 Å². The molecule has 0 heterocycles. The molecule has 0 bridgehead atoms. The zero-order valence-electron chi connectivity index (χ0n) is 13.0. The molecule has 0 atom stereocenters. The monoisotopic (exact) mass is 243 g/mol. The zero-order valence-corrected chi connectivity index (χ0v) is 13.0. The van der Waals surface area contributed by atoms with Crippen molar-refractivity contribution in [2.75, 3.05) is 46.3 Å². The van der Waals surface area contributed by atoms with Crippen molar-refractivity contribution < 1.29 is 4.48 Å². The highest BCUT2D eigenvalue weighted by Gasteiger charge is 2.14. The van der Waals surface area contributed by atoms with Gasteiger partial charge in [-0.25, -0.2) is 0 Å². The van der Waals surface area contributed by atoms with Gasteiger partial charge in [0.05, 0.1) is 26.7 Å². The lowest BCUT2D eigenvalue weighted by atomic mass is 10.1. The van der Waals surface area contributed by atoms with Crippen LogP contribution in [0.1, 0.15) is 53.4 Å². The van der Waals surface area contributed by atoms with Crippen LogP contribution in [0, 0.1) is 0 Å². The van der Waals surface area contributed by atoms with Crippen molar-refractivity contribution in [1.82, 2.24) is 4.90 Å². The number of nitrogens with zero attached hydrogens (tertiary/aromatic N) is 2. The Labute approximate surface area is 110 Å². The number of unbranched alkanes of at least 4 members (excludes halogenated alkanes) is 3. The van der Waals surface area contributed by atoms with Crippen LogP contribution < -0.4 is 0 Å². The Morgan fingerprint density at radius 3 is 1.76 bits per heavy atom. The topological polar surface area (TPSA) is 3.24 Å².